The van der Waals surface area contributed by atoms with Gasteiger partial charge in [-0.2, -0.15) is 0 Å². The van der Waals surface area contributed by atoms with Crippen LogP contribution in [0.4, 0.5) is 5.69 Å². The van der Waals surface area contributed by atoms with Crippen LogP contribution in [0, 0.1) is 0 Å². The van der Waals surface area contributed by atoms with Crippen molar-refractivity contribution >= 4 is 29.2 Å². The van der Waals surface area contributed by atoms with Crippen LogP contribution in [0.25, 0.3) is 10.4 Å². The van der Waals surface area contributed by atoms with Crippen molar-refractivity contribution in [1.29, 1.82) is 0 Å². The topological polar surface area (TPSA) is 62.3 Å². The average molecular weight is 524 g/mol. The predicted molar refractivity (Wildman–Crippen MR) is 152 cm³/mol. The number of carbonyl (C=O) groups excluding carboxylic acids is 2. The van der Waals surface area contributed by atoms with Gasteiger partial charge in [0.2, 0.25) is 0 Å². The van der Waals surface area contributed by atoms with Crippen molar-refractivity contribution in [3.8, 4) is 21.9 Å². The minimum Gasteiger partial charge on any atom is -0.497 e. The number of rotatable bonds is 13. The molecule has 1 amide bonds. The maximum Gasteiger partial charge on any atom is 0.267 e. The molecule has 0 saturated heterocycles. The Morgan fingerprint density at radius 3 is 2.22 bits per heavy atom. The molecule has 0 radical (unpaired) electrons. The van der Waals surface area contributed by atoms with Gasteiger partial charge in [0.1, 0.15) is 10.6 Å². The Morgan fingerprint density at radius 2 is 1.62 bits per heavy atom. The lowest BCUT2D eigenvalue weighted by atomic mass is 10.1. The number of hydrogen-bond acceptors (Lipinski definition) is 7. The molecular weight excluding hydrogens is 486 g/mol. The van der Waals surface area contributed by atoms with Crippen molar-refractivity contribution in [2.45, 2.75) is 20.4 Å². The molecule has 0 saturated carbocycles. The standard InChI is InChI=1S/C29H37N3O4S/c1-7-32(8-2)18-17-30(3)29(34)28-26(36-6)24(20-33)27(37-28)23-11-9-10-12-25(23)31(4)19-21-13-15-22(35-5)16-14-21/h9-16,20H,7-8,17-19H2,1-6H3. The smallest absolute Gasteiger partial charge is 0.267 e. The van der Waals surface area contributed by atoms with Gasteiger partial charge in [0.05, 0.1) is 24.7 Å². The second-order valence-corrected chi connectivity index (χ2v) is 9.82. The van der Waals surface area contributed by atoms with Gasteiger partial charge in [-0.15, -0.1) is 11.3 Å². The number of likely N-dealkylation sites (N-methyl/N-ethyl adjacent to an activating group) is 2. The van der Waals surface area contributed by atoms with E-state index in [1.165, 1.54) is 18.4 Å². The molecule has 8 heteroatoms. The van der Waals surface area contributed by atoms with Gasteiger partial charge in [0.15, 0.2) is 12.0 Å². The van der Waals surface area contributed by atoms with Crippen molar-refractivity contribution in [2.75, 3.05) is 59.4 Å². The number of aldehydes is 1. The van der Waals surface area contributed by atoms with E-state index in [1.807, 2.05) is 55.6 Å². The van der Waals surface area contributed by atoms with E-state index in [4.69, 9.17) is 9.47 Å². The first kappa shape index (κ1) is 28.2. The summed E-state index contributed by atoms with van der Waals surface area (Å²) in [6.45, 7) is 8.13. The van der Waals surface area contributed by atoms with E-state index < -0.39 is 0 Å². The molecule has 198 valence electrons. The lowest BCUT2D eigenvalue weighted by Crippen LogP contribution is -2.36. The molecule has 0 fully saturated rings. The van der Waals surface area contributed by atoms with Crippen molar-refractivity contribution in [3.05, 3.63) is 64.5 Å². The first-order valence-electron chi connectivity index (χ1n) is 12.5. The summed E-state index contributed by atoms with van der Waals surface area (Å²) >= 11 is 1.31. The van der Waals surface area contributed by atoms with Gasteiger partial charge in [-0.1, -0.05) is 44.2 Å². The van der Waals surface area contributed by atoms with E-state index in [2.05, 4.69) is 23.6 Å². The lowest BCUT2D eigenvalue weighted by molar-refractivity contribution is 0.0781. The quantitative estimate of drug-likeness (QED) is 0.284. The third-order valence-corrected chi connectivity index (χ3v) is 7.76. The Bertz CT molecular complexity index is 1190. The van der Waals surface area contributed by atoms with Gasteiger partial charge in [0.25, 0.3) is 5.91 Å². The van der Waals surface area contributed by atoms with Crippen LogP contribution >= 0.6 is 11.3 Å². The number of benzene rings is 2. The molecule has 3 aromatic rings. The summed E-state index contributed by atoms with van der Waals surface area (Å²) in [5.74, 6) is 1.00. The van der Waals surface area contributed by atoms with E-state index in [1.54, 1.807) is 19.1 Å². The highest BCUT2D eigenvalue weighted by molar-refractivity contribution is 7.18. The number of ether oxygens (including phenoxy) is 2. The van der Waals surface area contributed by atoms with Crippen LogP contribution in [-0.4, -0.2) is 76.5 Å². The summed E-state index contributed by atoms with van der Waals surface area (Å²) in [5, 5.41) is 0. The Labute approximate surface area is 224 Å². The molecule has 0 unspecified atom stereocenters. The third-order valence-electron chi connectivity index (χ3n) is 6.55. The lowest BCUT2D eigenvalue weighted by Gasteiger charge is -2.23. The molecular formula is C29H37N3O4S. The highest BCUT2D eigenvalue weighted by Crippen LogP contribution is 2.44. The van der Waals surface area contributed by atoms with Gasteiger partial charge >= 0.3 is 0 Å². The summed E-state index contributed by atoms with van der Waals surface area (Å²) in [6.07, 6.45) is 0.789. The fourth-order valence-corrected chi connectivity index (χ4v) is 5.54. The maximum atomic E-state index is 13.4. The van der Waals surface area contributed by atoms with Gasteiger partial charge < -0.3 is 24.2 Å². The van der Waals surface area contributed by atoms with Crippen LogP contribution in [0.3, 0.4) is 0 Å². The molecule has 0 N–H and O–H groups in total. The van der Waals surface area contributed by atoms with E-state index >= 15 is 0 Å². The Kier molecular flexibility index (Phi) is 10.1. The summed E-state index contributed by atoms with van der Waals surface area (Å²) in [6, 6.07) is 15.9. The van der Waals surface area contributed by atoms with Crippen LogP contribution in [0.1, 0.15) is 39.4 Å². The first-order chi connectivity index (χ1) is 17.9. The molecule has 0 bridgehead atoms. The zero-order chi connectivity index (χ0) is 26.9. The SMILES string of the molecule is CCN(CC)CCN(C)C(=O)c1sc(-c2ccccc2N(C)Cc2ccc(OC)cc2)c(C=O)c1OC. The normalized spacial score (nSPS) is 10.9. The molecule has 7 nitrogen and oxygen atoms in total. The second kappa shape index (κ2) is 13.3. The number of hydrogen-bond donors (Lipinski definition) is 0. The molecule has 1 heterocycles. The molecule has 0 aliphatic carbocycles. The van der Waals surface area contributed by atoms with Gasteiger partial charge in [-0.05, 0) is 36.9 Å². The van der Waals surface area contributed by atoms with Crippen molar-refractivity contribution in [3.63, 3.8) is 0 Å². The monoisotopic (exact) mass is 523 g/mol. The highest BCUT2D eigenvalue weighted by atomic mass is 32.1. The fourth-order valence-electron chi connectivity index (χ4n) is 4.27. The van der Waals surface area contributed by atoms with Crippen LogP contribution in [0.2, 0.25) is 0 Å². The minimum absolute atomic E-state index is 0.146. The Hall–Kier alpha value is -3.36. The van der Waals surface area contributed by atoms with Gasteiger partial charge in [-0.3, -0.25) is 9.59 Å². The number of thiophene rings is 1. The van der Waals surface area contributed by atoms with Gasteiger partial charge in [0, 0.05) is 45.0 Å². The molecule has 3 rings (SSSR count). The van der Waals surface area contributed by atoms with Crippen LogP contribution in [-0.2, 0) is 6.54 Å². The highest BCUT2D eigenvalue weighted by Gasteiger charge is 2.28. The average Bonchev–Trinajstić information content (AvgIpc) is 3.31. The van der Waals surface area contributed by atoms with Crippen LogP contribution < -0.4 is 14.4 Å². The Balaban J connectivity index is 1.95. The molecule has 2 aromatic carbocycles. The molecule has 0 aliphatic rings. The number of methoxy groups -OCH3 is 2. The number of amides is 1. The number of anilines is 1. The predicted octanol–water partition coefficient (Wildman–Crippen LogP) is 5.30. The van der Waals surface area contributed by atoms with E-state index in [-0.39, 0.29) is 5.91 Å². The number of para-hydroxylation sites is 1. The zero-order valence-corrected chi connectivity index (χ0v) is 23.4. The van der Waals surface area contributed by atoms with Crippen molar-refractivity contribution in [1.82, 2.24) is 9.80 Å². The fraction of sp³-hybridized carbons (Fsp3) is 0.379. The number of nitrogens with zero attached hydrogens (tertiary/aromatic N) is 3. The van der Waals surface area contributed by atoms with Crippen LogP contribution in [0.15, 0.2) is 48.5 Å². The Morgan fingerprint density at radius 1 is 0.946 bits per heavy atom. The summed E-state index contributed by atoms with van der Waals surface area (Å²) in [5.41, 5.74) is 3.37. The second-order valence-electron chi connectivity index (χ2n) is 8.80. The summed E-state index contributed by atoms with van der Waals surface area (Å²) < 4.78 is 10.9. The minimum atomic E-state index is -0.146. The third kappa shape index (κ3) is 6.50. The largest absolute Gasteiger partial charge is 0.497 e. The molecule has 1 aromatic heterocycles. The zero-order valence-electron chi connectivity index (χ0n) is 22.6. The maximum absolute atomic E-state index is 13.4. The first-order valence-corrected chi connectivity index (χ1v) is 13.3. The molecule has 0 atom stereocenters. The van der Waals surface area contributed by atoms with E-state index in [9.17, 15) is 9.59 Å². The van der Waals surface area contributed by atoms with Crippen molar-refractivity contribution < 1.29 is 19.1 Å². The molecule has 0 spiro atoms. The molecule has 37 heavy (non-hydrogen) atoms. The summed E-state index contributed by atoms with van der Waals surface area (Å²) in [7, 11) is 6.97. The number of carbonyl (C=O) groups is 2. The summed E-state index contributed by atoms with van der Waals surface area (Å²) in [4.78, 5) is 33.0. The van der Waals surface area contributed by atoms with Crippen molar-refractivity contribution in [2.24, 2.45) is 0 Å². The van der Waals surface area contributed by atoms with Crippen LogP contribution in [0.5, 0.6) is 11.5 Å². The van der Waals surface area contributed by atoms with E-state index in [0.29, 0.717) is 29.3 Å². The van der Waals surface area contributed by atoms with E-state index in [0.717, 1.165) is 53.4 Å². The van der Waals surface area contributed by atoms with Gasteiger partial charge in [-0.25, -0.2) is 0 Å². The molecule has 0 aliphatic heterocycles.